The van der Waals surface area contributed by atoms with Crippen LogP contribution in [0.15, 0.2) is 12.1 Å². The predicted molar refractivity (Wildman–Crippen MR) is 81.3 cm³/mol. The molecule has 1 aromatic carbocycles. The van der Waals surface area contributed by atoms with E-state index in [4.69, 9.17) is 4.74 Å². The molecule has 4 nitrogen and oxygen atoms in total. The number of methoxy groups -OCH3 is 1. The highest BCUT2D eigenvalue weighted by molar-refractivity contribution is 5.46. The lowest BCUT2D eigenvalue weighted by Gasteiger charge is -2.40. The van der Waals surface area contributed by atoms with Crippen LogP contribution in [0.1, 0.15) is 22.8 Å². The lowest BCUT2D eigenvalue weighted by molar-refractivity contribution is 0.0127. The maximum Gasteiger partial charge on any atom is 0.127 e. The van der Waals surface area contributed by atoms with Gasteiger partial charge in [0.2, 0.25) is 0 Å². The Morgan fingerprint density at radius 2 is 1.95 bits per heavy atom. The highest BCUT2D eigenvalue weighted by atomic mass is 16.5. The van der Waals surface area contributed by atoms with Gasteiger partial charge in [0.15, 0.2) is 0 Å². The zero-order chi connectivity index (χ0) is 14.9. The average molecular weight is 278 g/mol. The summed E-state index contributed by atoms with van der Waals surface area (Å²) < 4.78 is 5.54. The first-order valence-electron chi connectivity index (χ1n) is 7.16. The minimum Gasteiger partial charge on any atom is -0.496 e. The van der Waals surface area contributed by atoms with Crippen LogP contribution in [0.4, 0.5) is 0 Å². The Hall–Kier alpha value is -1.10. The summed E-state index contributed by atoms with van der Waals surface area (Å²) in [6.45, 7) is 7.00. The smallest absolute Gasteiger partial charge is 0.127 e. The zero-order valence-electron chi connectivity index (χ0n) is 13.2. The van der Waals surface area contributed by atoms with Crippen molar-refractivity contribution in [3.63, 3.8) is 0 Å². The lowest BCUT2D eigenvalue weighted by atomic mass is 9.95. The van der Waals surface area contributed by atoms with Gasteiger partial charge < -0.3 is 14.7 Å². The Bertz CT molecular complexity index is 476. The topological polar surface area (TPSA) is 35.9 Å². The van der Waals surface area contributed by atoms with Gasteiger partial charge in [0.25, 0.3) is 0 Å². The summed E-state index contributed by atoms with van der Waals surface area (Å²) in [5.41, 5.74) is 3.19. The fourth-order valence-corrected chi connectivity index (χ4v) is 2.91. The molecular formula is C16H26N2O2. The Balaban J connectivity index is 2.33. The van der Waals surface area contributed by atoms with Crippen LogP contribution >= 0.6 is 0 Å². The molecule has 0 spiro atoms. The monoisotopic (exact) mass is 278 g/mol. The van der Waals surface area contributed by atoms with E-state index in [0.29, 0.717) is 0 Å². The molecule has 4 heteroatoms. The van der Waals surface area contributed by atoms with E-state index in [1.807, 2.05) is 13.0 Å². The van der Waals surface area contributed by atoms with Crippen molar-refractivity contribution in [1.29, 1.82) is 0 Å². The van der Waals surface area contributed by atoms with Crippen LogP contribution in [0, 0.1) is 13.8 Å². The van der Waals surface area contributed by atoms with E-state index in [9.17, 15) is 5.11 Å². The summed E-state index contributed by atoms with van der Waals surface area (Å²) in [5.74, 6) is 0.819. The third-order valence-electron chi connectivity index (χ3n) is 4.49. The minimum absolute atomic E-state index is 0.102. The molecule has 0 aromatic heterocycles. The number of hydrogen-bond acceptors (Lipinski definition) is 4. The van der Waals surface area contributed by atoms with Crippen LogP contribution in [-0.4, -0.2) is 61.8 Å². The molecule has 0 radical (unpaired) electrons. The number of aliphatic hydroxyl groups excluding tert-OH is 1. The second-order valence-corrected chi connectivity index (χ2v) is 5.88. The summed E-state index contributed by atoms with van der Waals surface area (Å²) >= 11 is 0. The fraction of sp³-hybridized carbons (Fsp3) is 0.625. The molecule has 1 aromatic rings. The summed E-state index contributed by atoms with van der Waals surface area (Å²) in [4.78, 5) is 4.50. The van der Waals surface area contributed by atoms with E-state index in [-0.39, 0.29) is 6.04 Å². The molecule has 1 saturated heterocycles. The van der Waals surface area contributed by atoms with Crippen LogP contribution in [0.5, 0.6) is 5.75 Å². The van der Waals surface area contributed by atoms with Crippen LogP contribution < -0.4 is 4.74 Å². The van der Waals surface area contributed by atoms with Crippen molar-refractivity contribution in [2.75, 3.05) is 40.8 Å². The maximum absolute atomic E-state index is 10.8. The Labute approximate surface area is 122 Å². The quantitative estimate of drug-likeness (QED) is 0.911. The molecule has 0 aliphatic carbocycles. The van der Waals surface area contributed by atoms with Crippen molar-refractivity contribution in [2.45, 2.75) is 26.0 Å². The molecule has 0 bridgehead atoms. The molecule has 0 amide bonds. The van der Waals surface area contributed by atoms with E-state index in [0.717, 1.165) is 36.5 Å². The van der Waals surface area contributed by atoms with Gasteiger partial charge in [-0.25, -0.2) is 0 Å². The van der Waals surface area contributed by atoms with Crippen molar-refractivity contribution in [1.82, 2.24) is 9.80 Å². The number of hydrogen-bond donors (Lipinski definition) is 1. The molecular weight excluding hydrogens is 252 g/mol. The first-order valence-corrected chi connectivity index (χ1v) is 7.16. The number of piperazine rings is 1. The van der Waals surface area contributed by atoms with E-state index < -0.39 is 6.10 Å². The summed E-state index contributed by atoms with van der Waals surface area (Å²) in [6, 6.07) is 4.15. The number of rotatable bonds is 3. The highest BCUT2D eigenvalue weighted by Gasteiger charge is 2.31. The van der Waals surface area contributed by atoms with Crippen molar-refractivity contribution < 1.29 is 9.84 Å². The van der Waals surface area contributed by atoms with Crippen molar-refractivity contribution in [3.05, 3.63) is 28.8 Å². The predicted octanol–water partition coefficient (Wildman–Crippen LogP) is 1.59. The van der Waals surface area contributed by atoms with Gasteiger partial charge in [-0.15, -0.1) is 0 Å². The average Bonchev–Trinajstić information content (AvgIpc) is 2.43. The molecule has 2 rings (SSSR count). The summed E-state index contributed by atoms with van der Waals surface area (Å²) in [6.07, 6.45) is -0.531. The van der Waals surface area contributed by atoms with Crippen molar-refractivity contribution in [2.24, 2.45) is 0 Å². The molecule has 1 aliphatic rings. The van der Waals surface area contributed by atoms with Crippen LogP contribution in [0.25, 0.3) is 0 Å². The number of ether oxygens (including phenoxy) is 1. The number of aryl methyl sites for hydroxylation is 1. The van der Waals surface area contributed by atoms with Crippen LogP contribution in [0.2, 0.25) is 0 Å². The molecule has 2 atom stereocenters. The number of likely N-dealkylation sites (N-methyl/N-ethyl adjacent to an activating group) is 2. The second kappa shape index (κ2) is 6.12. The Morgan fingerprint density at radius 3 is 2.60 bits per heavy atom. The lowest BCUT2D eigenvalue weighted by Crippen LogP contribution is -2.52. The van der Waals surface area contributed by atoms with Gasteiger partial charge in [-0.3, -0.25) is 4.90 Å². The number of benzene rings is 1. The summed E-state index contributed by atoms with van der Waals surface area (Å²) in [5, 5.41) is 10.8. The molecule has 0 saturated carbocycles. The molecule has 1 aliphatic heterocycles. The molecule has 2 unspecified atom stereocenters. The third kappa shape index (κ3) is 2.82. The first-order chi connectivity index (χ1) is 9.45. The molecule has 1 N–H and O–H groups in total. The molecule has 1 fully saturated rings. The number of aliphatic hydroxyl groups is 1. The third-order valence-corrected chi connectivity index (χ3v) is 4.49. The first kappa shape index (κ1) is 15.3. The molecule has 1 heterocycles. The van der Waals surface area contributed by atoms with Crippen LogP contribution in [-0.2, 0) is 0 Å². The Kier molecular flexibility index (Phi) is 4.68. The summed E-state index contributed by atoms with van der Waals surface area (Å²) in [7, 11) is 5.85. The van der Waals surface area contributed by atoms with E-state index in [1.54, 1.807) is 7.11 Å². The molecule has 112 valence electrons. The van der Waals surface area contributed by atoms with Gasteiger partial charge in [0.05, 0.1) is 19.3 Å². The SMILES string of the molecule is COc1c(C(O)C2CN(C)CCN2C)ccc(C)c1C. The maximum atomic E-state index is 10.8. The Morgan fingerprint density at radius 1 is 1.25 bits per heavy atom. The van der Waals surface area contributed by atoms with Gasteiger partial charge >= 0.3 is 0 Å². The van der Waals surface area contributed by atoms with E-state index in [1.165, 1.54) is 5.56 Å². The fourth-order valence-electron chi connectivity index (χ4n) is 2.91. The minimum atomic E-state index is -0.531. The number of nitrogens with zero attached hydrogens (tertiary/aromatic N) is 2. The standard InChI is InChI=1S/C16H26N2O2/c1-11-6-7-13(16(20-5)12(11)2)15(19)14-10-17(3)8-9-18(14)4/h6-7,14-15,19H,8-10H2,1-5H3. The van der Waals surface area contributed by atoms with Gasteiger partial charge in [0.1, 0.15) is 5.75 Å². The van der Waals surface area contributed by atoms with Gasteiger partial charge in [-0.1, -0.05) is 12.1 Å². The van der Waals surface area contributed by atoms with E-state index in [2.05, 4.69) is 36.9 Å². The van der Waals surface area contributed by atoms with E-state index >= 15 is 0 Å². The molecule has 20 heavy (non-hydrogen) atoms. The van der Waals surface area contributed by atoms with Crippen molar-refractivity contribution in [3.8, 4) is 5.75 Å². The van der Waals surface area contributed by atoms with Gasteiger partial charge in [-0.2, -0.15) is 0 Å². The zero-order valence-corrected chi connectivity index (χ0v) is 13.2. The van der Waals surface area contributed by atoms with Gasteiger partial charge in [0, 0.05) is 25.2 Å². The van der Waals surface area contributed by atoms with Crippen LogP contribution in [0.3, 0.4) is 0 Å². The second-order valence-electron chi connectivity index (χ2n) is 5.88. The normalized spacial score (nSPS) is 22.8. The highest BCUT2D eigenvalue weighted by Crippen LogP contribution is 2.34. The van der Waals surface area contributed by atoms with Crippen molar-refractivity contribution >= 4 is 0 Å². The largest absolute Gasteiger partial charge is 0.496 e. The van der Waals surface area contributed by atoms with Gasteiger partial charge in [-0.05, 0) is 39.1 Å².